The van der Waals surface area contributed by atoms with E-state index in [0.29, 0.717) is 16.8 Å². The van der Waals surface area contributed by atoms with Crippen molar-refractivity contribution in [3.05, 3.63) is 52.1 Å². The number of esters is 2. The van der Waals surface area contributed by atoms with Gasteiger partial charge in [-0.3, -0.25) is 4.79 Å². The highest BCUT2D eigenvalue weighted by atomic mass is 19.1. The number of ether oxygens (including phenoxy) is 2. The Morgan fingerprint density at radius 2 is 1.86 bits per heavy atom. The van der Waals surface area contributed by atoms with Crippen LogP contribution < -0.4 is 5.32 Å². The van der Waals surface area contributed by atoms with E-state index < -0.39 is 29.8 Å². The molecule has 0 saturated heterocycles. The first-order chi connectivity index (χ1) is 13.1. The van der Waals surface area contributed by atoms with Gasteiger partial charge in [0.1, 0.15) is 11.5 Å². The predicted octanol–water partition coefficient (Wildman–Crippen LogP) is 3.44. The van der Waals surface area contributed by atoms with Crippen molar-refractivity contribution in [2.45, 2.75) is 40.7 Å². The van der Waals surface area contributed by atoms with Crippen LogP contribution in [0.3, 0.4) is 0 Å². The molecule has 1 atom stereocenters. The Labute approximate surface area is 162 Å². The smallest absolute Gasteiger partial charge is 0.355 e. The lowest BCUT2D eigenvalue weighted by Gasteiger charge is -2.14. The van der Waals surface area contributed by atoms with Crippen LogP contribution in [0.25, 0.3) is 0 Å². The number of carbonyl (C=O) groups is 3. The first kappa shape index (κ1) is 21.1. The van der Waals surface area contributed by atoms with Gasteiger partial charge in [0.15, 0.2) is 6.10 Å². The molecule has 8 heteroatoms. The molecule has 1 aromatic carbocycles. The molecular weight excluding hydrogens is 367 g/mol. The van der Waals surface area contributed by atoms with Crippen molar-refractivity contribution in [1.29, 1.82) is 0 Å². The molecule has 0 radical (unpaired) electrons. The zero-order valence-corrected chi connectivity index (χ0v) is 16.4. The lowest BCUT2D eigenvalue weighted by atomic mass is 10.1. The molecule has 0 saturated carbocycles. The summed E-state index contributed by atoms with van der Waals surface area (Å²) in [5, 5.41) is 2.50. The first-order valence-corrected chi connectivity index (χ1v) is 8.80. The van der Waals surface area contributed by atoms with E-state index in [1.54, 1.807) is 33.8 Å². The molecule has 0 aliphatic carbocycles. The molecule has 0 aliphatic heterocycles. The van der Waals surface area contributed by atoms with Gasteiger partial charge < -0.3 is 19.8 Å². The van der Waals surface area contributed by atoms with Gasteiger partial charge in [-0.2, -0.15) is 0 Å². The Bertz CT molecular complexity index is 920. The summed E-state index contributed by atoms with van der Waals surface area (Å²) < 4.78 is 23.8. The second-order valence-electron chi connectivity index (χ2n) is 6.35. The van der Waals surface area contributed by atoms with Crippen LogP contribution in [0.2, 0.25) is 0 Å². The third kappa shape index (κ3) is 4.57. The average molecular weight is 390 g/mol. The molecule has 7 nitrogen and oxygen atoms in total. The van der Waals surface area contributed by atoms with Crippen molar-refractivity contribution in [1.82, 2.24) is 4.98 Å². The maximum atomic E-state index is 13.6. The number of hydrogen-bond acceptors (Lipinski definition) is 5. The van der Waals surface area contributed by atoms with Crippen LogP contribution in [-0.2, 0) is 14.3 Å². The number of halogens is 1. The van der Waals surface area contributed by atoms with E-state index in [1.807, 2.05) is 0 Å². The summed E-state index contributed by atoms with van der Waals surface area (Å²) in [6.45, 7) is 8.10. The SMILES string of the molecule is CCOC(=O)c1[nH]c(C)c(C(=O)O[C@@H](C)C(=O)Nc2ccc(C)c(F)c2)c1C. The quantitative estimate of drug-likeness (QED) is 0.737. The summed E-state index contributed by atoms with van der Waals surface area (Å²) in [6.07, 6.45) is -1.13. The number of H-pyrrole nitrogens is 1. The number of amides is 1. The number of aromatic amines is 1. The Balaban J connectivity index is 2.10. The van der Waals surface area contributed by atoms with Gasteiger partial charge in [-0.05, 0) is 57.9 Å². The normalized spacial score (nSPS) is 11.6. The molecule has 2 aromatic rings. The van der Waals surface area contributed by atoms with Crippen molar-refractivity contribution < 1.29 is 28.2 Å². The van der Waals surface area contributed by atoms with Crippen molar-refractivity contribution >= 4 is 23.5 Å². The summed E-state index contributed by atoms with van der Waals surface area (Å²) in [7, 11) is 0. The van der Waals surface area contributed by atoms with E-state index >= 15 is 0 Å². The van der Waals surface area contributed by atoms with E-state index in [-0.39, 0.29) is 23.6 Å². The van der Waals surface area contributed by atoms with E-state index in [0.717, 1.165) is 0 Å². The third-order valence-corrected chi connectivity index (χ3v) is 4.21. The molecule has 150 valence electrons. The maximum absolute atomic E-state index is 13.6. The van der Waals surface area contributed by atoms with E-state index in [4.69, 9.17) is 9.47 Å². The number of hydrogen-bond donors (Lipinski definition) is 2. The van der Waals surface area contributed by atoms with Gasteiger partial charge in [-0.1, -0.05) is 6.07 Å². The summed E-state index contributed by atoms with van der Waals surface area (Å²) in [5.41, 5.74) is 1.86. The number of benzene rings is 1. The van der Waals surface area contributed by atoms with Crippen LogP contribution >= 0.6 is 0 Å². The highest BCUT2D eigenvalue weighted by Crippen LogP contribution is 2.21. The lowest BCUT2D eigenvalue weighted by molar-refractivity contribution is -0.123. The summed E-state index contributed by atoms with van der Waals surface area (Å²) in [4.78, 5) is 39.5. The van der Waals surface area contributed by atoms with E-state index in [1.165, 1.54) is 19.1 Å². The van der Waals surface area contributed by atoms with Crippen molar-refractivity contribution in [2.75, 3.05) is 11.9 Å². The Hall–Kier alpha value is -3.16. The second-order valence-corrected chi connectivity index (χ2v) is 6.35. The number of rotatable bonds is 6. The highest BCUT2D eigenvalue weighted by molar-refractivity contribution is 6.01. The number of nitrogens with one attached hydrogen (secondary N) is 2. The van der Waals surface area contributed by atoms with Gasteiger partial charge in [0.2, 0.25) is 0 Å². The van der Waals surface area contributed by atoms with Crippen molar-refractivity contribution in [2.24, 2.45) is 0 Å². The number of aryl methyl sites for hydroxylation is 2. The van der Waals surface area contributed by atoms with Crippen molar-refractivity contribution in [3.8, 4) is 0 Å². The fourth-order valence-electron chi connectivity index (χ4n) is 2.65. The first-order valence-electron chi connectivity index (χ1n) is 8.80. The minimum atomic E-state index is -1.13. The number of carbonyl (C=O) groups excluding carboxylic acids is 3. The van der Waals surface area contributed by atoms with E-state index in [2.05, 4.69) is 10.3 Å². The highest BCUT2D eigenvalue weighted by Gasteiger charge is 2.26. The lowest BCUT2D eigenvalue weighted by Crippen LogP contribution is -2.30. The molecule has 1 amide bonds. The van der Waals surface area contributed by atoms with Gasteiger partial charge in [0.05, 0.1) is 12.2 Å². The fourth-order valence-corrected chi connectivity index (χ4v) is 2.65. The Morgan fingerprint density at radius 3 is 2.46 bits per heavy atom. The van der Waals surface area contributed by atoms with Crippen LogP contribution in [0, 0.1) is 26.6 Å². The molecule has 2 N–H and O–H groups in total. The van der Waals surface area contributed by atoms with Gasteiger partial charge >= 0.3 is 11.9 Å². The third-order valence-electron chi connectivity index (χ3n) is 4.21. The number of aromatic nitrogens is 1. The van der Waals surface area contributed by atoms with Crippen LogP contribution in [0.1, 0.15) is 51.5 Å². The van der Waals surface area contributed by atoms with Crippen LogP contribution in [-0.4, -0.2) is 35.5 Å². The summed E-state index contributed by atoms with van der Waals surface area (Å²) in [6, 6.07) is 4.27. The van der Waals surface area contributed by atoms with Gasteiger partial charge in [0.25, 0.3) is 5.91 Å². The molecule has 1 aromatic heterocycles. The van der Waals surface area contributed by atoms with Crippen LogP contribution in [0.5, 0.6) is 0 Å². The second kappa shape index (κ2) is 8.69. The topological polar surface area (TPSA) is 97.5 Å². The molecular formula is C20H23FN2O5. The molecule has 0 fully saturated rings. The predicted molar refractivity (Wildman–Crippen MR) is 101 cm³/mol. The van der Waals surface area contributed by atoms with Gasteiger partial charge in [-0.25, -0.2) is 14.0 Å². The molecule has 28 heavy (non-hydrogen) atoms. The monoisotopic (exact) mass is 390 g/mol. The number of anilines is 1. The fraction of sp³-hybridized carbons (Fsp3) is 0.350. The van der Waals surface area contributed by atoms with Gasteiger partial charge in [-0.15, -0.1) is 0 Å². The molecule has 0 aliphatic rings. The van der Waals surface area contributed by atoms with Crippen LogP contribution in [0.15, 0.2) is 18.2 Å². The molecule has 2 rings (SSSR count). The minimum absolute atomic E-state index is 0.165. The minimum Gasteiger partial charge on any atom is -0.461 e. The standard InChI is InChI=1S/C20H23FN2O5/c1-6-27-20(26)17-11(3)16(12(4)22-17)19(25)28-13(5)18(24)23-14-8-7-10(2)15(21)9-14/h7-9,13,22H,6H2,1-5H3,(H,23,24)/t13-/m0/s1. The maximum Gasteiger partial charge on any atom is 0.355 e. The Kier molecular flexibility index (Phi) is 6.56. The van der Waals surface area contributed by atoms with Crippen molar-refractivity contribution in [3.63, 3.8) is 0 Å². The zero-order valence-electron chi connectivity index (χ0n) is 16.4. The molecule has 0 bridgehead atoms. The largest absolute Gasteiger partial charge is 0.461 e. The van der Waals surface area contributed by atoms with Gasteiger partial charge in [0, 0.05) is 11.4 Å². The van der Waals surface area contributed by atoms with Crippen LogP contribution in [0.4, 0.5) is 10.1 Å². The van der Waals surface area contributed by atoms with E-state index in [9.17, 15) is 18.8 Å². The average Bonchev–Trinajstić information content (AvgIpc) is 2.92. The molecule has 0 unspecified atom stereocenters. The molecule has 0 spiro atoms. The Morgan fingerprint density at radius 1 is 1.18 bits per heavy atom. The molecule has 1 heterocycles. The summed E-state index contributed by atoms with van der Waals surface area (Å²) in [5.74, 6) is -2.38. The zero-order chi connectivity index (χ0) is 21.0. The summed E-state index contributed by atoms with van der Waals surface area (Å²) >= 11 is 0.